The van der Waals surface area contributed by atoms with Crippen LogP contribution in [0.1, 0.15) is 35.5 Å². The van der Waals surface area contributed by atoms with Gasteiger partial charge in [0.1, 0.15) is 5.82 Å². The van der Waals surface area contributed by atoms with Crippen molar-refractivity contribution in [3.63, 3.8) is 0 Å². The maximum atomic E-state index is 12.9. The van der Waals surface area contributed by atoms with E-state index in [4.69, 9.17) is 4.52 Å². The summed E-state index contributed by atoms with van der Waals surface area (Å²) in [6.45, 7) is 0.0969. The molecule has 0 saturated heterocycles. The molecule has 0 radical (unpaired) electrons. The van der Waals surface area contributed by atoms with Crippen molar-refractivity contribution in [2.24, 2.45) is 0 Å². The largest absolute Gasteiger partial charge is 0.347 e. The molecule has 0 saturated carbocycles. The zero-order chi connectivity index (χ0) is 19.1. The zero-order valence-corrected chi connectivity index (χ0v) is 14.5. The van der Waals surface area contributed by atoms with Gasteiger partial charge in [-0.3, -0.25) is 9.59 Å². The third-order valence-electron chi connectivity index (χ3n) is 3.91. The summed E-state index contributed by atoms with van der Waals surface area (Å²) in [6, 6.07) is 14.7. The summed E-state index contributed by atoms with van der Waals surface area (Å²) in [4.78, 5) is 28.0. The minimum absolute atomic E-state index is 0.0178. The fourth-order valence-electron chi connectivity index (χ4n) is 2.48. The molecule has 2 aromatic carbocycles. The normalized spacial score (nSPS) is 10.6. The van der Waals surface area contributed by atoms with Crippen molar-refractivity contribution in [1.82, 2.24) is 15.5 Å². The van der Waals surface area contributed by atoms with Crippen LogP contribution in [0.4, 0.5) is 4.39 Å². The molecule has 6 nitrogen and oxygen atoms in total. The van der Waals surface area contributed by atoms with E-state index in [0.29, 0.717) is 29.8 Å². The number of amides is 1. The molecule has 3 rings (SSSR count). The Morgan fingerprint density at radius 1 is 1.00 bits per heavy atom. The van der Waals surface area contributed by atoms with Gasteiger partial charge in [0, 0.05) is 24.0 Å². The molecule has 138 valence electrons. The van der Waals surface area contributed by atoms with Crippen molar-refractivity contribution in [2.75, 3.05) is 0 Å². The SMILES string of the molecule is O=C(CCCC(=O)c1ccccc1)NCc1nc(-c2ccc(F)cc2)no1. The summed E-state index contributed by atoms with van der Waals surface area (Å²) in [7, 11) is 0. The molecule has 1 heterocycles. The number of carbonyl (C=O) groups excluding carboxylic acids is 2. The van der Waals surface area contributed by atoms with Crippen molar-refractivity contribution < 1.29 is 18.5 Å². The number of nitrogens with one attached hydrogen (secondary N) is 1. The molecule has 3 aromatic rings. The van der Waals surface area contributed by atoms with E-state index in [1.165, 1.54) is 12.1 Å². The summed E-state index contributed by atoms with van der Waals surface area (Å²) < 4.78 is 18.0. The molecule has 0 fully saturated rings. The minimum Gasteiger partial charge on any atom is -0.347 e. The summed E-state index contributed by atoms with van der Waals surface area (Å²) in [5, 5.41) is 6.49. The third kappa shape index (κ3) is 5.31. The fraction of sp³-hybridized carbons (Fsp3) is 0.200. The third-order valence-corrected chi connectivity index (χ3v) is 3.91. The number of rotatable bonds is 8. The number of nitrogens with zero attached hydrogens (tertiary/aromatic N) is 2. The lowest BCUT2D eigenvalue weighted by Gasteiger charge is -2.02. The van der Waals surface area contributed by atoms with Crippen molar-refractivity contribution in [3.8, 4) is 11.4 Å². The van der Waals surface area contributed by atoms with Gasteiger partial charge in [-0.25, -0.2) is 4.39 Å². The molecule has 7 heteroatoms. The number of benzene rings is 2. The van der Waals surface area contributed by atoms with Gasteiger partial charge in [0.25, 0.3) is 0 Å². The van der Waals surface area contributed by atoms with Gasteiger partial charge >= 0.3 is 0 Å². The molecule has 0 bridgehead atoms. The molecule has 0 unspecified atom stereocenters. The van der Waals surface area contributed by atoms with Crippen LogP contribution in [0.15, 0.2) is 59.1 Å². The fourth-order valence-corrected chi connectivity index (χ4v) is 2.48. The first-order valence-corrected chi connectivity index (χ1v) is 8.55. The number of carbonyl (C=O) groups is 2. The monoisotopic (exact) mass is 367 g/mol. The van der Waals surface area contributed by atoms with Crippen LogP contribution >= 0.6 is 0 Å². The predicted octanol–water partition coefficient (Wildman–Crippen LogP) is 3.55. The van der Waals surface area contributed by atoms with Crippen LogP contribution in [0.3, 0.4) is 0 Å². The number of Topliss-reactive ketones (excluding diaryl/α,β-unsaturated/α-hetero) is 1. The molecular formula is C20H18FN3O3. The lowest BCUT2D eigenvalue weighted by atomic mass is 10.1. The lowest BCUT2D eigenvalue weighted by Crippen LogP contribution is -2.22. The average molecular weight is 367 g/mol. The highest BCUT2D eigenvalue weighted by molar-refractivity contribution is 5.96. The summed E-state index contributed by atoms with van der Waals surface area (Å²) in [5.74, 6) is 0.0536. The molecule has 27 heavy (non-hydrogen) atoms. The second-order valence-electron chi connectivity index (χ2n) is 5.94. The van der Waals surface area contributed by atoms with E-state index in [1.54, 1.807) is 24.3 Å². The van der Waals surface area contributed by atoms with Crippen molar-refractivity contribution in [1.29, 1.82) is 0 Å². The highest BCUT2D eigenvalue weighted by Crippen LogP contribution is 2.16. The van der Waals surface area contributed by atoms with Crippen LogP contribution in [0, 0.1) is 5.82 Å². The second-order valence-corrected chi connectivity index (χ2v) is 5.94. The van der Waals surface area contributed by atoms with Gasteiger partial charge < -0.3 is 9.84 Å². The van der Waals surface area contributed by atoms with Crippen LogP contribution in [0.5, 0.6) is 0 Å². The van der Waals surface area contributed by atoms with Gasteiger partial charge in [0.15, 0.2) is 5.78 Å². The Hall–Kier alpha value is -3.35. The molecule has 0 aliphatic heterocycles. The zero-order valence-electron chi connectivity index (χ0n) is 14.5. The molecular weight excluding hydrogens is 349 g/mol. The van der Waals surface area contributed by atoms with E-state index < -0.39 is 0 Å². The smallest absolute Gasteiger partial charge is 0.246 e. The summed E-state index contributed by atoms with van der Waals surface area (Å²) >= 11 is 0. The Balaban J connectivity index is 1.42. The van der Waals surface area contributed by atoms with Crippen molar-refractivity contribution >= 4 is 11.7 Å². The van der Waals surface area contributed by atoms with E-state index >= 15 is 0 Å². The number of aromatic nitrogens is 2. The Labute approximate surface area is 155 Å². The number of hydrogen-bond acceptors (Lipinski definition) is 5. The van der Waals surface area contributed by atoms with Crippen LogP contribution in [0.25, 0.3) is 11.4 Å². The van der Waals surface area contributed by atoms with E-state index in [9.17, 15) is 14.0 Å². The van der Waals surface area contributed by atoms with E-state index in [-0.39, 0.29) is 36.4 Å². The highest BCUT2D eigenvalue weighted by atomic mass is 19.1. The lowest BCUT2D eigenvalue weighted by molar-refractivity contribution is -0.121. The van der Waals surface area contributed by atoms with Crippen LogP contribution in [0.2, 0.25) is 0 Å². The molecule has 1 aromatic heterocycles. The van der Waals surface area contributed by atoms with Gasteiger partial charge in [0.05, 0.1) is 6.54 Å². The molecule has 0 aliphatic carbocycles. The number of hydrogen-bond donors (Lipinski definition) is 1. The first kappa shape index (κ1) is 18.4. The van der Waals surface area contributed by atoms with Gasteiger partial charge in [-0.1, -0.05) is 35.5 Å². The first-order valence-electron chi connectivity index (χ1n) is 8.55. The predicted molar refractivity (Wildman–Crippen MR) is 96.2 cm³/mol. The Bertz CT molecular complexity index is 908. The molecule has 0 aliphatic rings. The minimum atomic E-state index is -0.347. The second kappa shape index (κ2) is 8.84. The maximum absolute atomic E-state index is 12.9. The van der Waals surface area contributed by atoms with Gasteiger partial charge in [-0.05, 0) is 30.7 Å². The van der Waals surface area contributed by atoms with Crippen LogP contribution in [-0.2, 0) is 11.3 Å². The highest BCUT2D eigenvalue weighted by Gasteiger charge is 2.11. The molecule has 1 amide bonds. The van der Waals surface area contributed by atoms with Crippen molar-refractivity contribution in [3.05, 3.63) is 71.9 Å². The van der Waals surface area contributed by atoms with E-state index in [2.05, 4.69) is 15.5 Å². The van der Waals surface area contributed by atoms with Gasteiger partial charge in [-0.15, -0.1) is 0 Å². The summed E-state index contributed by atoms with van der Waals surface area (Å²) in [6.07, 6.45) is 1.01. The van der Waals surface area contributed by atoms with Gasteiger partial charge in [0.2, 0.25) is 17.6 Å². The Morgan fingerprint density at radius 2 is 1.74 bits per heavy atom. The molecule has 0 spiro atoms. The van der Waals surface area contributed by atoms with Crippen LogP contribution < -0.4 is 5.32 Å². The molecule has 0 atom stereocenters. The van der Waals surface area contributed by atoms with E-state index in [1.807, 2.05) is 18.2 Å². The van der Waals surface area contributed by atoms with Crippen LogP contribution in [-0.4, -0.2) is 21.8 Å². The average Bonchev–Trinajstić information content (AvgIpc) is 3.16. The topological polar surface area (TPSA) is 85.1 Å². The van der Waals surface area contributed by atoms with Gasteiger partial charge in [-0.2, -0.15) is 4.98 Å². The standard InChI is InChI=1S/C20H18FN3O3/c21-16-11-9-15(10-12-16)20-23-19(27-24-20)13-22-18(26)8-4-7-17(25)14-5-2-1-3-6-14/h1-3,5-6,9-12H,4,7-8,13H2,(H,22,26). The first-order chi connectivity index (χ1) is 13.1. The maximum Gasteiger partial charge on any atom is 0.246 e. The Kier molecular flexibility index (Phi) is 6.04. The van der Waals surface area contributed by atoms with Crippen molar-refractivity contribution in [2.45, 2.75) is 25.8 Å². The Morgan fingerprint density at radius 3 is 2.48 bits per heavy atom. The molecule has 1 N–H and O–H groups in total. The number of halogens is 1. The number of ketones is 1. The quantitative estimate of drug-likeness (QED) is 0.616. The van der Waals surface area contributed by atoms with E-state index in [0.717, 1.165) is 0 Å². The summed E-state index contributed by atoms with van der Waals surface area (Å²) in [5.41, 5.74) is 1.27.